The molecule has 0 atom stereocenters. The van der Waals surface area contributed by atoms with E-state index < -0.39 is 5.56 Å². The van der Waals surface area contributed by atoms with Crippen molar-refractivity contribution < 1.29 is 9.94 Å². The van der Waals surface area contributed by atoms with E-state index in [1.54, 1.807) is 6.92 Å². The summed E-state index contributed by atoms with van der Waals surface area (Å²) in [4.78, 5) is 27.3. The molecule has 2 aromatic heterocycles. The van der Waals surface area contributed by atoms with Crippen LogP contribution in [-0.4, -0.2) is 38.0 Å². The first-order valence-electron chi connectivity index (χ1n) is 5.12. The van der Waals surface area contributed by atoms with Crippen molar-refractivity contribution in [2.24, 2.45) is 0 Å². The number of imidazole rings is 1. The lowest BCUT2D eigenvalue weighted by atomic mass is 10.5. The number of aliphatic hydroxyl groups is 1. The van der Waals surface area contributed by atoms with Crippen molar-refractivity contribution in [1.29, 1.82) is 0 Å². The predicted octanol–water partition coefficient (Wildman–Crippen LogP) is -1.18. The maximum atomic E-state index is 11.5. The van der Waals surface area contributed by atoms with Crippen LogP contribution in [0.1, 0.15) is 12.2 Å². The van der Waals surface area contributed by atoms with Crippen LogP contribution in [0, 0.1) is 6.92 Å². The Hall–Kier alpha value is -2.09. The molecule has 0 spiro atoms. The minimum Gasteiger partial charge on any atom is -0.410 e. The van der Waals surface area contributed by atoms with E-state index in [-0.39, 0.29) is 23.7 Å². The van der Waals surface area contributed by atoms with Crippen LogP contribution < -0.4 is 16.1 Å². The molecule has 0 saturated carbocycles. The Bertz CT molecular complexity index is 588. The maximum Gasteiger partial charge on any atom is 0.280 e. The number of hydrogen-bond donors (Lipinski definition) is 3. The van der Waals surface area contributed by atoms with Crippen LogP contribution in [0.4, 0.5) is 5.95 Å². The SMILES string of the molecule is Cc1nc2c(=O)[nH]c(N)nc2n1OCCCO. The molecular weight excluding hydrogens is 226 g/mol. The van der Waals surface area contributed by atoms with E-state index in [0.717, 1.165) is 0 Å². The van der Waals surface area contributed by atoms with Gasteiger partial charge in [0, 0.05) is 13.0 Å². The number of aliphatic hydroxyl groups excluding tert-OH is 1. The summed E-state index contributed by atoms with van der Waals surface area (Å²) < 4.78 is 1.34. The second-order valence-electron chi connectivity index (χ2n) is 3.49. The topological polar surface area (TPSA) is 119 Å². The third kappa shape index (κ3) is 2.07. The third-order valence-corrected chi connectivity index (χ3v) is 2.18. The van der Waals surface area contributed by atoms with Crippen molar-refractivity contribution in [3.63, 3.8) is 0 Å². The van der Waals surface area contributed by atoms with Crippen LogP contribution in [0.15, 0.2) is 4.79 Å². The van der Waals surface area contributed by atoms with Gasteiger partial charge in [0.05, 0.1) is 0 Å². The Labute approximate surface area is 96.0 Å². The van der Waals surface area contributed by atoms with Crippen LogP contribution in [-0.2, 0) is 0 Å². The number of aryl methyl sites for hydroxylation is 1. The number of H-pyrrole nitrogens is 1. The first-order chi connectivity index (χ1) is 8.13. The fourth-order valence-electron chi connectivity index (χ4n) is 1.45. The highest BCUT2D eigenvalue weighted by Crippen LogP contribution is 2.08. The smallest absolute Gasteiger partial charge is 0.280 e. The highest BCUT2D eigenvalue weighted by Gasteiger charge is 2.13. The largest absolute Gasteiger partial charge is 0.410 e. The number of anilines is 1. The highest BCUT2D eigenvalue weighted by atomic mass is 16.7. The number of nitrogen functional groups attached to an aromatic ring is 1. The second-order valence-corrected chi connectivity index (χ2v) is 3.49. The Balaban J connectivity index is 2.47. The summed E-state index contributed by atoms with van der Waals surface area (Å²) in [6.07, 6.45) is 0.484. The van der Waals surface area contributed by atoms with E-state index in [0.29, 0.717) is 18.9 Å². The summed E-state index contributed by atoms with van der Waals surface area (Å²) in [6.45, 7) is 2.02. The summed E-state index contributed by atoms with van der Waals surface area (Å²) in [6, 6.07) is 0. The first-order valence-corrected chi connectivity index (χ1v) is 5.12. The maximum absolute atomic E-state index is 11.5. The molecular formula is C9H13N5O3. The van der Waals surface area contributed by atoms with Gasteiger partial charge in [0.15, 0.2) is 5.52 Å². The third-order valence-electron chi connectivity index (χ3n) is 2.18. The molecule has 0 bridgehead atoms. The summed E-state index contributed by atoms with van der Waals surface area (Å²) >= 11 is 0. The lowest BCUT2D eigenvalue weighted by Crippen LogP contribution is -2.17. The number of nitrogens with one attached hydrogen (secondary N) is 1. The molecule has 0 unspecified atom stereocenters. The summed E-state index contributed by atoms with van der Waals surface area (Å²) in [5.41, 5.74) is 5.51. The fraction of sp³-hybridized carbons (Fsp3) is 0.444. The van der Waals surface area contributed by atoms with Crippen LogP contribution in [0.25, 0.3) is 11.2 Å². The number of nitrogens with zero attached hydrogens (tertiary/aromatic N) is 3. The van der Waals surface area contributed by atoms with Gasteiger partial charge in [-0.15, -0.1) is 4.73 Å². The standard InChI is InChI=1S/C9H13N5O3/c1-5-11-6-7(12-9(10)13-8(6)16)14(5)17-4-2-3-15/h15H,2-4H2,1H3,(H3,10,12,13,16). The van der Waals surface area contributed by atoms with E-state index in [1.807, 2.05) is 0 Å². The Morgan fingerprint density at radius 2 is 2.29 bits per heavy atom. The fourth-order valence-corrected chi connectivity index (χ4v) is 1.45. The van der Waals surface area contributed by atoms with E-state index >= 15 is 0 Å². The quantitative estimate of drug-likeness (QED) is 0.578. The number of aromatic nitrogens is 4. The zero-order valence-electron chi connectivity index (χ0n) is 9.30. The molecule has 2 heterocycles. The predicted molar refractivity (Wildman–Crippen MR) is 60.4 cm³/mol. The number of aromatic amines is 1. The molecule has 0 aliphatic carbocycles. The molecule has 2 rings (SSSR count). The van der Waals surface area contributed by atoms with Crippen molar-refractivity contribution in [2.75, 3.05) is 18.9 Å². The summed E-state index contributed by atoms with van der Waals surface area (Å²) in [5.74, 6) is 0.510. The van der Waals surface area contributed by atoms with Gasteiger partial charge in [0.1, 0.15) is 12.4 Å². The molecule has 0 saturated heterocycles. The van der Waals surface area contributed by atoms with Gasteiger partial charge in [-0.2, -0.15) is 4.98 Å². The molecule has 0 aliphatic rings. The summed E-state index contributed by atoms with van der Waals surface area (Å²) in [7, 11) is 0. The molecule has 0 fully saturated rings. The van der Waals surface area contributed by atoms with Crippen molar-refractivity contribution in [2.45, 2.75) is 13.3 Å². The Kier molecular flexibility index (Phi) is 2.96. The summed E-state index contributed by atoms with van der Waals surface area (Å²) in [5, 5.41) is 8.67. The van der Waals surface area contributed by atoms with Gasteiger partial charge < -0.3 is 15.7 Å². The number of hydrogen-bond acceptors (Lipinski definition) is 6. The molecule has 8 nitrogen and oxygen atoms in total. The monoisotopic (exact) mass is 239 g/mol. The molecule has 0 amide bonds. The van der Waals surface area contributed by atoms with Crippen LogP contribution in [0.2, 0.25) is 0 Å². The number of rotatable bonds is 4. The molecule has 4 N–H and O–H groups in total. The minimum atomic E-state index is -0.403. The van der Waals surface area contributed by atoms with Gasteiger partial charge in [-0.3, -0.25) is 9.78 Å². The van der Waals surface area contributed by atoms with Crippen LogP contribution in [0.5, 0.6) is 0 Å². The zero-order chi connectivity index (χ0) is 12.4. The molecule has 8 heteroatoms. The molecule has 2 aromatic rings. The van der Waals surface area contributed by atoms with Gasteiger partial charge in [-0.1, -0.05) is 0 Å². The average molecular weight is 239 g/mol. The minimum absolute atomic E-state index is 0.00871. The molecule has 17 heavy (non-hydrogen) atoms. The van der Waals surface area contributed by atoms with E-state index in [1.165, 1.54) is 4.73 Å². The normalized spacial score (nSPS) is 10.9. The molecule has 0 aliphatic heterocycles. The van der Waals surface area contributed by atoms with Gasteiger partial charge in [0.2, 0.25) is 11.6 Å². The van der Waals surface area contributed by atoms with E-state index in [9.17, 15) is 4.79 Å². The average Bonchev–Trinajstić information content (AvgIpc) is 2.57. The Morgan fingerprint density at radius 1 is 1.53 bits per heavy atom. The van der Waals surface area contributed by atoms with Gasteiger partial charge in [0.25, 0.3) is 5.56 Å². The van der Waals surface area contributed by atoms with E-state index in [4.69, 9.17) is 15.7 Å². The van der Waals surface area contributed by atoms with Crippen LogP contribution in [0.3, 0.4) is 0 Å². The lowest BCUT2D eigenvalue weighted by molar-refractivity contribution is 0.0981. The second kappa shape index (κ2) is 4.42. The van der Waals surface area contributed by atoms with Crippen molar-refractivity contribution in [3.8, 4) is 0 Å². The Morgan fingerprint density at radius 3 is 3.00 bits per heavy atom. The molecule has 92 valence electrons. The number of fused-ring (bicyclic) bond motifs is 1. The molecule has 0 aromatic carbocycles. The molecule has 0 radical (unpaired) electrons. The van der Waals surface area contributed by atoms with E-state index in [2.05, 4.69) is 15.0 Å². The van der Waals surface area contributed by atoms with Crippen molar-refractivity contribution in [1.82, 2.24) is 19.7 Å². The highest BCUT2D eigenvalue weighted by molar-refractivity contribution is 5.70. The van der Waals surface area contributed by atoms with Gasteiger partial charge >= 0.3 is 0 Å². The zero-order valence-corrected chi connectivity index (χ0v) is 9.30. The van der Waals surface area contributed by atoms with Crippen molar-refractivity contribution >= 4 is 17.1 Å². The van der Waals surface area contributed by atoms with Crippen LogP contribution >= 0.6 is 0 Å². The number of nitrogens with two attached hydrogens (primary N) is 1. The first kappa shape index (κ1) is 11.4. The van der Waals surface area contributed by atoms with Gasteiger partial charge in [-0.25, -0.2) is 4.98 Å². The lowest BCUT2D eigenvalue weighted by Gasteiger charge is -2.07. The van der Waals surface area contributed by atoms with Crippen molar-refractivity contribution in [3.05, 3.63) is 16.2 Å². The van der Waals surface area contributed by atoms with Gasteiger partial charge in [-0.05, 0) is 6.92 Å².